The van der Waals surface area contributed by atoms with E-state index in [1.54, 1.807) is 0 Å². The molecule has 0 aromatic heterocycles. The summed E-state index contributed by atoms with van der Waals surface area (Å²) in [5.74, 6) is 2.38. The fraction of sp³-hybridized carbons (Fsp3) is 0.875. The second-order valence-corrected chi connectivity index (χ2v) is 11.0. The minimum atomic E-state index is -0.159. The number of nitrogens with one attached hydrogen (secondary N) is 1. The van der Waals surface area contributed by atoms with E-state index < -0.39 is 0 Å². The topological polar surface area (TPSA) is 67.8 Å². The Labute approximate surface area is 186 Å². The summed E-state index contributed by atoms with van der Waals surface area (Å²) in [7, 11) is 0. The number of hydrogen-bond donors (Lipinski definition) is 1. The molecule has 1 aliphatic heterocycles. The summed E-state index contributed by atoms with van der Waals surface area (Å²) in [5, 5.41) is 7.90. The standard InChI is InChI=1S/C24H36N2O3.ClH/c1-23-9-7-15(26-29-14-16-4-3-11-25-16)12-20(23)21(27)13-17-18-5-6-22(28)24(18,2)10-8-19(17)23;/h16-20,25H,3-14H2,1-2H3;1H/t16-,17+,18+,19+,20-,23-,24+;/m1./s1. The van der Waals surface area contributed by atoms with Gasteiger partial charge < -0.3 is 10.2 Å². The Morgan fingerprint density at radius 3 is 2.67 bits per heavy atom. The highest BCUT2D eigenvalue weighted by Gasteiger charge is 2.62. The average molecular weight is 437 g/mol. The van der Waals surface area contributed by atoms with Gasteiger partial charge in [-0.25, -0.2) is 0 Å². The molecule has 0 aromatic carbocycles. The molecule has 5 nitrogen and oxygen atoms in total. The van der Waals surface area contributed by atoms with Crippen molar-refractivity contribution in [2.75, 3.05) is 13.2 Å². The molecule has 4 aliphatic carbocycles. The van der Waals surface area contributed by atoms with Gasteiger partial charge in [0.15, 0.2) is 0 Å². The van der Waals surface area contributed by atoms with Crippen LogP contribution >= 0.6 is 12.4 Å². The first kappa shape index (κ1) is 22.3. The molecule has 0 spiro atoms. The molecule has 0 bridgehead atoms. The van der Waals surface area contributed by atoms with Crippen LogP contribution in [-0.2, 0) is 14.4 Å². The van der Waals surface area contributed by atoms with E-state index in [1.165, 1.54) is 6.42 Å². The summed E-state index contributed by atoms with van der Waals surface area (Å²) < 4.78 is 0. The zero-order valence-corrected chi connectivity index (χ0v) is 19.3. The highest BCUT2D eigenvalue weighted by Crippen LogP contribution is 2.64. The van der Waals surface area contributed by atoms with Gasteiger partial charge in [-0.05, 0) is 81.1 Å². The lowest BCUT2D eigenvalue weighted by atomic mass is 9.45. The van der Waals surface area contributed by atoms with E-state index in [2.05, 4.69) is 24.3 Å². The molecule has 1 N–H and O–H groups in total. The second kappa shape index (κ2) is 8.20. The molecule has 168 valence electrons. The van der Waals surface area contributed by atoms with Gasteiger partial charge in [0, 0.05) is 30.2 Å². The van der Waals surface area contributed by atoms with E-state index in [4.69, 9.17) is 4.84 Å². The minimum Gasteiger partial charge on any atom is -0.394 e. The van der Waals surface area contributed by atoms with E-state index in [-0.39, 0.29) is 29.2 Å². The third-order valence-electron chi connectivity index (χ3n) is 9.64. The van der Waals surface area contributed by atoms with Crippen LogP contribution in [0.25, 0.3) is 0 Å². The Kier molecular flexibility index (Phi) is 6.08. The molecule has 1 heterocycles. The summed E-state index contributed by atoms with van der Waals surface area (Å²) in [6, 6.07) is 0.427. The van der Waals surface area contributed by atoms with Gasteiger partial charge >= 0.3 is 0 Å². The third kappa shape index (κ3) is 3.44. The van der Waals surface area contributed by atoms with Crippen molar-refractivity contribution in [1.82, 2.24) is 5.32 Å². The number of oxime groups is 1. The Morgan fingerprint density at radius 2 is 1.90 bits per heavy atom. The number of rotatable bonds is 3. The lowest BCUT2D eigenvalue weighted by Crippen LogP contribution is -2.56. The van der Waals surface area contributed by atoms with Gasteiger partial charge in [0.25, 0.3) is 0 Å². The highest BCUT2D eigenvalue weighted by molar-refractivity contribution is 5.93. The summed E-state index contributed by atoms with van der Waals surface area (Å²) in [6.45, 7) is 6.27. The second-order valence-electron chi connectivity index (χ2n) is 11.0. The van der Waals surface area contributed by atoms with Crippen LogP contribution in [0.2, 0.25) is 0 Å². The smallest absolute Gasteiger partial charge is 0.139 e. The molecule has 0 aromatic rings. The normalized spacial score (nSPS) is 46.7. The number of carbonyl (C=O) groups is 2. The predicted molar refractivity (Wildman–Crippen MR) is 119 cm³/mol. The van der Waals surface area contributed by atoms with Crippen molar-refractivity contribution >= 4 is 29.7 Å². The van der Waals surface area contributed by atoms with Crippen LogP contribution in [0, 0.1) is 34.5 Å². The molecule has 30 heavy (non-hydrogen) atoms. The number of nitrogens with zero attached hydrogens (tertiary/aromatic N) is 1. The van der Waals surface area contributed by atoms with Crippen LogP contribution in [0.5, 0.6) is 0 Å². The van der Waals surface area contributed by atoms with Crippen molar-refractivity contribution in [2.45, 2.75) is 84.1 Å². The first-order valence-electron chi connectivity index (χ1n) is 11.9. The Morgan fingerprint density at radius 1 is 1.07 bits per heavy atom. The van der Waals surface area contributed by atoms with E-state index in [0.29, 0.717) is 48.4 Å². The van der Waals surface area contributed by atoms with Gasteiger partial charge in [0.2, 0.25) is 0 Å². The molecule has 5 aliphatic rings. The lowest BCUT2D eigenvalue weighted by molar-refractivity contribution is -0.152. The molecular weight excluding hydrogens is 400 g/mol. The monoisotopic (exact) mass is 436 g/mol. The maximum Gasteiger partial charge on any atom is 0.139 e. The van der Waals surface area contributed by atoms with Crippen LogP contribution in [0.15, 0.2) is 5.16 Å². The number of hydrogen-bond acceptors (Lipinski definition) is 5. The molecule has 6 heteroatoms. The quantitative estimate of drug-likeness (QED) is 0.669. The van der Waals surface area contributed by atoms with Crippen molar-refractivity contribution in [3.8, 4) is 0 Å². The van der Waals surface area contributed by atoms with Gasteiger partial charge in [0.1, 0.15) is 18.2 Å². The molecule has 4 saturated carbocycles. The SMILES string of the molecule is C[C@]12CCC(=NOC[C@H]3CCCN3)C[C@@H]1C(=O)C[C@@H]1[C@@H]2CC[C@]2(C)C(=O)CC[C@@H]12.Cl. The van der Waals surface area contributed by atoms with Crippen LogP contribution in [0.4, 0.5) is 0 Å². The average Bonchev–Trinajstić information content (AvgIpc) is 3.31. The molecule has 1 saturated heterocycles. The Bertz CT molecular complexity index is 734. The first-order valence-corrected chi connectivity index (χ1v) is 11.9. The number of carbonyl (C=O) groups excluding carboxylic acids is 2. The largest absolute Gasteiger partial charge is 0.394 e. The fourth-order valence-corrected chi connectivity index (χ4v) is 7.82. The van der Waals surface area contributed by atoms with Gasteiger partial charge in [-0.15, -0.1) is 12.4 Å². The van der Waals surface area contributed by atoms with Gasteiger partial charge in [-0.3, -0.25) is 9.59 Å². The van der Waals surface area contributed by atoms with Crippen LogP contribution < -0.4 is 5.32 Å². The number of halogens is 1. The maximum atomic E-state index is 13.3. The zero-order valence-electron chi connectivity index (χ0n) is 18.5. The van der Waals surface area contributed by atoms with Gasteiger partial charge in [0.05, 0.1) is 5.71 Å². The molecular formula is C24H37ClN2O3. The maximum absolute atomic E-state index is 13.3. The fourth-order valence-electron chi connectivity index (χ4n) is 7.82. The van der Waals surface area contributed by atoms with Crippen LogP contribution in [-0.4, -0.2) is 36.5 Å². The van der Waals surface area contributed by atoms with E-state index in [9.17, 15) is 9.59 Å². The van der Waals surface area contributed by atoms with Crippen molar-refractivity contribution in [3.63, 3.8) is 0 Å². The number of Topliss-reactive ketones (excluding diaryl/α,β-unsaturated/α-hetero) is 2. The summed E-state index contributed by atoms with van der Waals surface area (Å²) in [5.41, 5.74) is 0.988. The molecule has 0 radical (unpaired) electrons. The van der Waals surface area contributed by atoms with Crippen molar-refractivity contribution < 1.29 is 14.4 Å². The van der Waals surface area contributed by atoms with Crippen LogP contribution in [0.1, 0.15) is 78.1 Å². The van der Waals surface area contributed by atoms with Crippen molar-refractivity contribution in [3.05, 3.63) is 0 Å². The van der Waals surface area contributed by atoms with E-state index in [1.807, 2.05) is 0 Å². The van der Waals surface area contributed by atoms with Crippen molar-refractivity contribution in [1.29, 1.82) is 0 Å². The van der Waals surface area contributed by atoms with E-state index >= 15 is 0 Å². The minimum absolute atomic E-state index is 0. The Balaban J connectivity index is 0.00000218. The van der Waals surface area contributed by atoms with Gasteiger partial charge in [-0.2, -0.15) is 0 Å². The number of ketones is 2. The molecule has 7 atom stereocenters. The number of fused-ring (bicyclic) bond motifs is 5. The summed E-state index contributed by atoms with van der Waals surface area (Å²) in [4.78, 5) is 31.5. The zero-order chi connectivity index (χ0) is 20.2. The highest BCUT2D eigenvalue weighted by atomic mass is 35.5. The van der Waals surface area contributed by atoms with Crippen molar-refractivity contribution in [2.24, 2.45) is 39.7 Å². The molecule has 0 unspecified atom stereocenters. The first-order chi connectivity index (χ1) is 13.9. The summed E-state index contributed by atoms with van der Waals surface area (Å²) >= 11 is 0. The van der Waals surface area contributed by atoms with E-state index in [0.717, 1.165) is 63.6 Å². The molecule has 5 rings (SSSR count). The molecule has 5 fully saturated rings. The molecule has 0 amide bonds. The third-order valence-corrected chi connectivity index (χ3v) is 9.64. The lowest BCUT2D eigenvalue weighted by Gasteiger charge is -2.58. The Hall–Kier alpha value is -0.940. The summed E-state index contributed by atoms with van der Waals surface area (Å²) in [6.07, 6.45) is 9.67. The van der Waals surface area contributed by atoms with Crippen LogP contribution in [0.3, 0.4) is 0 Å². The van der Waals surface area contributed by atoms with Gasteiger partial charge in [-0.1, -0.05) is 19.0 Å². The predicted octanol–water partition coefficient (Wildman–Crippen LogP) is 4.32.